The van der Waals surface area contributed by atoms with Crippen LogP contribution in [0.3, 0.4) is 0 Å². The highest BCUT2D eigenvalue weighted by Gasteiger charge is 2.56. The van der Waals surface area contributed by atoms with Crippen molar-refractivity contribution in [3.8, 4) is 0 Å². The lowest BCUT2D eigenvalue weighted by molar-refractivity contribution is -0.143. The number of carbonyl (C=O) groups excluding carboxylic acids is 1. The molecule has 2 atom stereocenters. The maximum Gasteiger partial charge on any atom is 0.326 e. The summed E-state index contributed by atoms with van der Waals surface area (Å²) in [4.78, 5) is 10.9. The average Bonchev–Trinajstić information content (AvgIpc) is 2.61. The molecule has 64 valence electrons. The van der Waals surface area contributed by atoms with Gasteiger partial charge in [0.25, 0.3) is 0 Å². The molecular weight excluding hydrogens is 166 g/mol. The molecule has 1 rings (SSSR count). The number of carbonyl (C=O) groups is 1. The third-order valence-electron chi connectivity index (χ3n) is 1.91. The Labute approximate surface area is 72.0 Å². The molecule has 0 amide bonds. The molecule has 4 heteroatoms. The minimum atomic E-state index is -0.753. The number of hydrogen-bond donors (Lipinski definition) is 1. The molecule has 0 saturated heterocycles. The molecule has 1 aliphatic rings. The zero-order chi connectivity index (χ0) is 7.78. The van der Waals surface area contributed by atoms with Gasteiger partial charge in [0.05, 0.1) is 7.11 Å². The van der Waals surface area contributed by atoms with Crippen molar-refractivity contribution >= 4 is 18.4 Å². The maximum absolute atomic E-state index is 10.9. The third-order valence-corrected chi connectivity index (χ3v) is 1.91. The summed E-state index contributed by atoms with van der Waals surface area (Å²) in [5.74, 6) is -0.225. The smallest absolute Gasteiger partial charge is 0.326 e. The molecule has 0 heterocycles. The van der Waals surface area contributed by atoms with Crippen molar-refractivity contribution in [1.29, 1.82) is 0 Å². The summed E-state index contributed by atoms with van der Waals surface area (Å²) in [7, 11) is 1.34. The van der Waals surface area contributed by atoms with E-state index in [2.05, 4.69) is 11.3 Å². The quantitative estimate of drug-likeness (QED) is 0.493. The minimum absolute atomic E-state index is 0. The van der Waals surface area contributed by atoms with Gasteiger partial charge in [0, 0.05) is 5.92 Å². The van der Waals surface area contributed by atoms with E-state index in [-0.39, 0.29) is 24.3 Å². The number of methoxy groups -OCH3 is 1. The molecule has 2 N–H and O–H groups in total. The van der Waals surface area contributed by atoms with Gasteiger partial charge >= 0.3 is 5.97 Å². The lowest BCUT2D eigenvalue weighted by Gasteiger charge is -2.05. The van der Waals surface area contributed by atoms with Gasteiger partial charge < -0.3 is 10.5 Å². The Bertz CT molecular complexity index is 183. The summed E-state index contributed by atoms with van der Waals surface area (Å²) >= 11 is 0. The van der Waals surface area contributed by atoms with E-state index in [4.69, 9.17) is 5.73 Å². The van der Waals surface area contributed by atoms with Gasteiger partial charge in [-0.2, -0.15) is 0 Å². The maximum atomic E-state index is 10.9. The second kappa shape index (κ2) is 3.24. The fraction of sp³-hybridized carbons (Fsp3) is 0.571. The van der Waals surface area contributed by atoms with Crippen LogP contribution >= 0.6 is 12.4 Å². The van der Waals surface area contributed by atoms with E-state index in [1.165, 1.54) is 7.11 Å². The third kappa shape index (κ3) is 1.54. The summed E-state index contributed by atoms with van der Waals surface area (Å²) in [5.41, 5.74) is 4.86. The monoisotopic (exact) mass is 177 g/mol. The summed E-state index contributed by atoms with van der Waals surface area (Å²) < 4.78 is 4.50. The van der Waals surface area contributed by atoms with Gasteiger partial charge in [-0.25, -0.2) is 0 Å². The van der Waals surface area contributed by atoms with Crippen molar-refractivity contribution in [3.63, 3.8) is 0 Å². The number of rotatable bonds is 2. The summed E-state index contributed by atoms with van der Waals surface area (Å²) in [5, 5.41) is 0. The van der Waals surface area contributed by atoms with Gasteiger partial charge in [-0.3, -0.25) is 4.79 Å². The molecule has 0 aromatic heterocycles. The van der Waals surface area contributed by atoms with E-state index in [1.807, 2.05) is 0 Å². The molecule has 11 heavy (non-hydrogen) atoms. The van der Waals surface area contributed by atoms with Crippen LogP contribution in [0.2, 0.25) is 0 Å². The van der Waals surface area contributed by atoms with E-state index in [0.717, 1.165) is 0 Å². The minimum Gasteiger partial charge on any atom is -0.468 e. The SMILES string of the molecule is C=C[C@@H]1C[C@@]1(N)C(=O)OC.Cl. The number of nitrogens with two attached hydrogens (primary N) is 1. The lowest BCUT2D eigenvalue weighted by Crippen LogP contribution is -2.36. The number of hydrogen-bond acceptors (Lipinski definition) is 3. The van der Waals surface area contributed by atoms with Crippen LogP contribution < -0.4 is 5.73 Å². The Morgan fingerprint density at radius 1 is 1.91 bits per heavy atom. The van der Waals surface area contributed by atoms with Crippen LogP contribution in [0.1, 0.15) is 6.42 Å². The van der Waals surface area contributed by atoms with Crippen molar-refractivity contribution in [1.82, 2.24) is 0 Å². The highest BCUT2D eigenvalue weighted by molar-refractivity contribution is 5.85. The van der Waals surface area contributed by atoms with Gasteiger partial charge in [0.1, 0.15) is 5.54 Å². The second-order valence-corrected chi connectivity index (χ2v) is 2.58. The highest BCUT2D eigenvalue weighted by Crippen LogP contribution is 2.42. The van der Waals surface area contributed by atoms with Crippen LogP contribution in [0, 0.1) is 5.92 Å². The molecule has 0 unspecified atom stereocenters. The normalized spacial score (nSPS) is 33.5. The molecule has 0 aromatic rings. The zero-order valence-corrected chi connectivity index (χ0v) is 7.19. The van der Waals surface area contributed by atoms with E-state index >= 15 is 0 Å². The van der Waals surface area contributed by atoms with Crippen LogP contribution in [0.25, 0.3) is 0 Å². The largest absolute Gasteiger partial charge is 0.468 e. The second-order valence-electron chi connectivity index (χ2n) is 2.58. The van der Waals surface area contributed by atoms with Crippen molar-refractivity contribution in [3.05, 3.63) is 12.7 Å². The van der Waals surface area contributed by atoms with Crippen LogP contribution in [0.4, 0.5) is 0 Å². The van der Waals surface area contributed by atoms with Crippen molar-refractivity contribution < 1.29 is 9.53 Å². The standard InChI is InChI=1S/C7H11NO2.ClH/c1-3-5-4-7(5,8)6(9)10-2;/h3,5H,1,4,8H2,2H3;1H/t5-,7+;/m1./s1. The summed E-state index contributed by atoms with van der Waals surface area (Å²) in [6.07, 6.45) is 2.36. The number of ether oxygens (including phenoxy) is 1. The molecule has 3 nitrogen and oxygen atoms in total. The highest BCUT2D eigenvalue weighted by atomic mass is 35.5. The molecule has 0 bridgehead atoms. The Balaban J connectivity index is 0.000001000. The van der Waals surface area contributed by atoms with E-state index in [0.29, 0.717) is 6.42 Å². The van der Waals surface area contributed by atoms with Crippen LogP contribution in [0.15, 0.2) is 12.7 Å². The van der Waals surface area contributed by atoms with Crippen molar-refractivity contribution in [2.24, 2.45) is 11.7 Å². The predicted octanol–water partition coefficient (Wildman–Crippen LogP) is 0.485. The van der Waals surface area contributed by atoms with Gasteiger partial charge in [-0.1, -0.05) is 6.08 Å². The summed E-state index contributed by atoms with van der Waals surface area (Å²) in [6.45, 7) is 3.55. The molecule has 1 fully saturated rings. The van der Waals surface area contributed by atoms with Gasteiger partial charge in [0.15, 0.2) is 0 Å². The van der Waals surface area contributed by atoms with Gasteiger partial charge in [-0.15, -0.1) is 19.0 Å². The number of halogens is 1. The fourth-order valence-electron chi connectivity index (χ4n) is 1.02. The van der Waals surface area contributed by atoms with Gasteiger partial charge in [0.2, 0.25) is 0 Å². The Kier molecular flexibility index (Phi) is 3.08. The first kappa shape index (κ1) is 10.5. The Hall–Kier alpha value is -0.540. The van der Waals surface area contributed by atoms with Crippen molar-refractivity contribution in [2.45, 2.75) is 12.0 Å². The van der Waals surface area contributed by atoms with Crippen LogP contribution in [-0.2, 0) is 9.53 Å². The topological polar surface area (TPSA) is 52.3 Å². The molecule has 1 saturated carbocycles. The van der Waals surface area contributed by atoms with Crippen LogP contribution in [-0.4, -0.2) is 18.6 Å². The van der Waals surface area contributed by atoms with E-state index < -0.39 is 5.54 Å². The first-order valence-electron chi connectivity index (χ1n) is 3.15. The lowest BCUT2D eigenvalue weighted by atomic mass is 10.2. The van der Waals surface area contributed by atoms with Gasteiger partial charge in [-0.05, 0) is 6.42 Å². The Morgan fingerprint density at radius 2 is 2.45 bits per heavy atom. The number of esters is 1. The molecule has 0 spiro atoms. The molecule has 0 radical (unpaired) electrons. The average molecular weight is 178 g/mol. The first-order chi connectivity index (χ1) is 4.65. The molecular formula is C7H12ClNO2. The zero-order valence-electron chi connectivity index (χ0n) is 6.37. The summed E-state index contributed by atoms with van der Waals surface area (Å²) in [6, 6.07) is 0. The van der Waals surface area contributed by atoms with E-state index in [9.17, 15) is 4.79 Å². The molecule has 0 aliphatic heterocycles. The van der Waals surface area contributed by atoms with Crippen LogP contribution in [0.5, 0.6) is 0 Å². The molecule has 0 aromatic carbocycles. The fourth-order valence-corrected chi connectivity index (χ4v) is 1.02. The predicted molar refractivity (Wildman–Crippen MR) is 44.5 cm³/mol. The van der Waals surface area contributed by atoms with Crippen molar-refractivity contribution in [2.75, 3.05) is 7.11 Å². The first-order valence-corrected chi connectivity index (χ1v) is 3.15. The van der Waals surface area contributed by atoms with E-state index in [1.54, 1.807) is 6.08 Å². The Morgan fingerprint density at radius 3 is 2.73 bits per heavy atom. The molecule has 1 aliphatic carbocycles.